The number of carbonyl (C=O) groups is 1. The van der Waals surface area contributed by atoms with Gasteiger partial charge in [0, 0.05) is 12.3 Å². The second-order valence-electron chi connectivity index (χ2n) is 7.19. The molecular weight excluding hydrogens is 486 g/mol. The molecule has 178 valence electrons. The molecule has 1 amide bonds. The summed E-state index contributed by atoms with van der Waals surface area (Å²) in [5.41, 5.74) is -3.10. The maximum absolute atomic E-state index is 13.5. The molecule has 34 heavy (non-hydrogen) atoms. The van der Waals surface area contributed by atoms with Crippen molar-refractivity contribution in [1.29, 1.82) is 0 Å². The van der Waals surface area contributed by atoms with Gasteiger partial charge in [-0.1, -0.05) is 17.3 Å². The number of rotatable bonds is 5. The van der Waals surface area contributed by atoms with Crippen molar-refractivity contribution in [2.24, 2.45) is 0 Å². The fraction of sp³-hybridized carbons (Fsp3) is 0.190. The van der Waals surface area contributed by atoms with E-state index in [1.165, 1.54) is 36.7 Å². The standard InChI is InChI=1S/C21H14F6N4O2S/c1-11(14-5-4-12(20(22,23)24)7-15(14)21(25,26)27)31-10-13(9-28-31)29-19(32)16-8-17(33-30-16)18-3-2-6-34-18/h2-11H,1H3,(H,29,32). The number of alkyl halides is 6. The van der Waals surface area contributed by atoms with E-state index >= 15 is 0 Å². The Morgan fingerprint density at radius 2 is 1.88 bits per heavy atom. The Hall–Kier alpha value is -3.61. The topological polar surface area (TPSA) is 73.0 Å². The summed E-state index contributed by atoms with van der Waals surface area (Å²) < 4.78 is 85.5. The van der Waals surface area contributed by atoms with E-state index in [1.807, 2.05) is 5.38 Å². The minimum atomic E-state index is -5.01. The summed E-state index contributed by atoms with van der Waals surface area (Å²) in [6, 6.07) is 5.38. The first kappa shape index (κ1) is 23.5. The minimum Gasteiger partial charge on any atom is -0.355 e. The van der Waals surface area contributed by atoms with E-state index in [4.69, 9.17) is 4.52 Å². The van der Waals surface area contributed by atoms with Gasteiger partial charge in [-0.15, -0.1) is 11.3 Å². The highest BCUT2D eigenvalue weighted by Crippen LogP contribution is 2.39. The molecule has 13 heteroatoms. The number of benzene rings is 1. The van der Waals surface area contributed by atoms with Crippen molar-refractivity contribution in [3.8, 4) is 10.6 Å². The summed E-state index contributed by atoms with van der Waals surface area (Å²) in [6.45, 7) is 1.35. The molecule has 3 heterocycles. The predicted octanol–water partition coefficient (Wildman–Crippen LogP) is 6.50. The smallest absolute Gasteiger partial charge is 0.355 e. The van der Waals surface area contributed by atoms with E-state index in [0.29, 0.717) is 11.8 Å². The summed E-state index contributed by atoms with van der Waals surface area (Å²) >= 11 is 1.39. The van der Waals surface area contributed by atoms with Crippen LogP contribution in [0, 0.1) is 0 Å². The first-order valence-corrected chi connectivity index (χ1v) is 10.5. The van der Waals surface area contributed by atoms with Gasteiger partial charge in [-0.3, -0.25) is 9.48 Å². The average molecular weight is 500 g/mol. The fourth-order valence-electron chi connectivity index (χ4n) is 3.21. The van der Waals surface area contributed by atoms with Gasteiger partial charge in [0.25, 0.3) is 5.91 Å². The molecule has 3 aromatic heterocycles. The Balaban J connectivity index is 1.55. The quantitative estimate of drug-likeness (QED) is 0.318. The van der Waals surface area contributed by atoms with Crippen molar-refractivity contribution in [1.82, 2.24) is 14.9 Å². The molecule has 0 bridgehead atoms. The van der Waals surface area contributed by atoms with Crippen LogP contribution in [0.15, 0.2) is 58.7 Å². The van der Waals surface area contributed by atoms with Crippen molar-refractivity contribution in [3.63, 3.8) is 0 Å². The fourth-order valence-corrected chi connectivity index (χ4v) is 3.88. The van der Waals surface area contributed by atoms with Gasteiger partial charge in [-0.25, -0.2) is 0 Å². The normalized spacial score (nSPS) is 13.1. The number of halogens is 6. The van der Waals surface area contributed by atoms with Crippen LogP contribution in [-0.4, -0.2) is 20.8 Å². The van der Waals surface area contributed by atoms with E-state index in [-0.39, 0.29) is 17.4 Å². The number of aromatic nitrogens is 3. The zero-order valence-corrected chi connectivity index (χ0v) is 17.9. The van der Waals surface area contributed by atoms with Gasteiger partial charge in [-0.2, -0.15) is 31.4 Å². The number of hydrogen-bond donors (Lipinski definition) is 1. The molecule has 0 saturated heterocycles. The summed E-state index contributed by atoms with van der Waals surface area (Å²) in [6.07, 6.45) is -7.47. The molecular formula is C21H14F6N4O2S. The number of nitrogens with one attached hydrogen (secondary N) is 1. The highest BCUT2D eigenvalue weighted by atomic mass is 32.1. The summed E-state index contributed by atoms with van der Waals surface area (Å²) in [5.74, 6) is -0.240. The number of nitrogens with zero attached hydrogens (tertiary/aromatic N) is 3. The Morgan fingerprint density at radius 3 is 2.53 bits per heavy atom. The van der Waals surface area contributed by atoms with Crippen LogP contribution in [0.1, 0.15) is 40.1 Å². The third-order valence-corrected chi connectivity index (χ3v) is 5.78. The molecule has 0 fully saturated rings. The van der Waals surface area contributed by atoms with Crippen molar-refractivity contribution in [2.45, 2.75) is 25.3 Å². The van der Waals surface area contributed by atoms with Gasteiger partial charge in [0.2, 0.25) is 0 Å². The summed E-state index contributed by atoms with van der Waals surface area (Å²) in [4.78, 5) is 13.2. The van der Waals surface area contributed by atoms with Gasteiger partial charge in [0.05, 0.1) is 33.9 Å². The largest absolute Gasteiger partial charge is 0.416 e. The average Bonchev–Trinajstić information content (AvgIpc) is 3.52. The molecule has 4 aromatic rings. The molecule has 4 rings (SSSR count). The number of amides is 1. The lowest BCUT2D eigenvalue weighted by molar-refractivity contribution is -0.143. The van der Waals surface area contributed by atoms with Crippen LogP contribution in [0.3, 0.4) is 0 Å². The van der Waals surface area contributed by atoms with Crippen LogP contribution >= 0.6 is 11.3 Å². The van der Waals surface area contributed by atoms with E-state index in [0.717, 1.165) is 15.6 Å². The lowest BCUT2D eigenvalue weighted by Gasteiger charge is -2.20. The third kappa shape index (κ3) is 4.83. The zero-order valence-electron chi connectivity index (χ0n) is 17.1. The lowest BCUT2D eigenvalue weighted by Crippen LogP contribution is -2.17. The van der Waals surface area contributed by atoms with Gasteiger partial charge in [0.15, 0.2) is 11.5 Å². The Kier molecular flexibility index (Phi) is 5.98. The SMILES string of the molecule is CC(c1ccc(C(F)(F)F)cc1C(F)(F)F)n1cc(NC(=O)c2cc(-c3cccs3)on2)cn1. The molecule has 0 saturated carbocycles. The van der Waals surface area contributed by atoms with Crippen molar-refractivity contribution in [3.05, 3.63) is 76.6 Å². The van der Waals surface area contributed by atoms with Gasteiger partial charge >= 0.3 is 12.4 Å². The van der Waals surface area contributed by atoms with Crippen LogP contribution in [0.4, 0.5) is 32.0 Å². The molecule has 0 aliphatic heterocycles. The minimum absolute atomic E-state index is 0.0219. The monoisotopic (exact) mass is 500 g/mol. The van der Waals surface area contributed by atoms with E-state index in [1.54, 1.807) is 12.1 Å². The van der Waals surface area contributed by atoms with Crippen LogP contribution in [0.5, 0.6) is 0 Å². The molecule has 1 atom stereocenters. The second kappa shape index (κ2) is 8.63. The maximum Gasteiger partial charge on any atom is 0.416 e. The molecule has 6 nitrogen and oxygen atoms in total. The molecule has 0 aliphatic rings. The summed E-state index contributed by atoms with van der Waals surface area (Å²) in [7, 11) is 0. The van der Waals surface area contributed by atoms with Crippen molar-refractivity contribution >= 4 is 22.9 Å². The summed E-state index contributed by atoms with van der Waals surface area (Å²) in [5, 5.41) is 12.0. The van der Waals surface area contributed by atoms with E-state index < -0.39 is 41.0 Å². The first-order chi connectivity index (χ1) is 15.9. The molecule has 0 spiro atoms. The van der Waals surface area contributed by atoms with Crippen LogP contribution in [0.25, 0.3) is 10.6 Å². The zero-order chi connectivity index (χ0) is 24.7. The first-order valence-electron chi connectivity index (χ1n) is 9.58. The van der Waals surface area contributed by atoms with E-state index in [9.17, 15) is 31.1 Å². The van der Waals surface area contributed by atoms with E-state index in [2.05, 4.69) is 15.6 Å². The highest BCUT2D eigenvalue weighted by Gasteiger charge is 2.39. The van der Waals surface area contributed by atoms with Crippen molar-refractivity contribution in [2.75, 3.05) is 5.32 Å². The predicted molar refractivity (Wildman–Crippen MR) is 110 cm³/mol. The maximum atomic E-state index is 13.5. The lowest BCUT2D eigenvalue weighted by atomic mass is 9.98. The highest BCUT2D eigenvalue weighted by molar-refractivity contribution is 7.13. The Labute approximate surface area is 191 Å². The molecule has 1 N–H and O–H groups in total. The van der Waals surface area contributed by atoms with Crippen LogP contribution < -0.4 is 5.32 Å². The van der Waals surface area contributed by atoms with Crippen LogP contribution in [0.2, 0.25) is 0 Å². The number of carbonyl (C=O) groups excluding carboxylic acids is 1. The number of thiophene rings is 1. The van der Waals surface area contributed by atoms with Crippen LogP contribution in [-0.2, 0) is 12.4 Å². The second-order valence-corrected chi connectivity index (χ2v) is 8.14. The van der Waals surface area contributed by atoms with Crippen molar-refractivity contribution < 1.29 is 35.7 Å². The molecule has 0 aliphatic carbocycles. The third-order valence-electron chi connectivity index (χ3n) is 4.90. The molecule has 0 radical (unpaired) electrons. The number of anilines is 1. The molecule has 1 aromatic carbocycles. The van der Waals surface area contributed by atoms with Gasteiger partial charge in [-0.05, 0) is 36.1 Å². The Morgan fingerprint density at radius 1 is 1.12 bits per heavy atom. The van der Waals surface area contributed by atoms with Gasteiger partial charge in [0.1, 0.15) is 0 Å². The Bertz CT molecular complexity index is 1310. The van der Waals surface area contributed by atoms with Gasteiger partial charge < -0.3 is 9.84 Å². The number of hydrogen-bond acceptors (Lipinski definition) is 5. The molecule has 1 unspecified atom stereocenters.